The molecule has 3 fully saturated rings. The van der Waals surface area contributed by atoms with E-state index in [-0.39, 0.29) is 11.9 Å². The molecule has 0 spiro atoms. The number of nitrogens with zero attached hydrogens (tertiary/aromatic N) is 2. The second kappa shape index (κ2) is 8.91. The molecule has 4 rings (SSSR count). The van der Waals surface area contributed by atoms with Crippen molar-refractivity contribution in [2.24, 2.45) is 5.92 Å². The zero-order chi connectivity index (χ0) is 20.1. The van der Waals surface area contributed by atoms with Crippen molar-refractivity contribution in [2.45, 2.75) is 24.9 Å². The molecule has 0 amide bonds. The molecule has 1 unspecified atom stereocenters. The molecule has 3 saturated heterocycles. The Bertz CT molecular complexity index is 785. The Morgan fingerprint density at radius 2 is 2.18 bits per heavy atom. The van der Waals surface area contributed by atoms with Crippen molar-refractivity contribution >= 4 is 5.97 Å². The third-order valence-electron chi connectivity index (χ3n) is 5.62. The van der Waals surface area contributed by atoms with Gasteiger partial charge in [0.05, 0.1) is 5.56 Å². The lowest BCUT2D eigenvalue weighted by Gasteiger charge is -2.47. The normalized spacial score (nSPS) is 25.9. The van der Waals surface area contributed by atoms with Gasteiger partial charge in [-0.05, 0) is 70.2 Å². The van der Waals surface area contributed by atoms with Crippen molar-refractivity contribution in [1.82, 2.24) is 9.80 Å². The van der Waals surface area contributed by atoms with E-state index in [2.05, 4.69) is 23.3 Å². The molecule has 1 atom stereocenters. The van der Waals surface area contributed by atoms with Gasteiger partial charge < -0.3 is 14.7 Å². The molecule has 3 heterocycles. The molecular weight excluding hydrogens is 352 g/mol. The maximum Gasteiger partial charge on any atom is 0.338 e. The van der Waals surface area contributed by atoms with Gasteiger partial charge in [-0.25, -0.2) is 4.79 Å². The maximum absolute atomic E-state index is 12.3. The Morgan fingerprint density at radius 3 is 2.79 bits per heavy atom. The Balaban J connectivity index is 1.77. The average molecular weight is 383 g/mol. The summed E-state index contributed by atoms with van der Waals surface area (Å²) >= 11 is 0. The van der Waals surface area contributed by atoms with Gasteiger partial charge in [0.1, 0.15) is 12.2 Å². The third kappa shape index (κ3) is 4.82. The lowest BCUT2D eigenvalue weighted by Crippen LogP contribution is -2.58. The molecule has 5 heteroatoms. The van der Waals surface area contributed by atoms with Crippen LogP contribution >= 0.6 is 0 Å². The van der Waals surface area contributed by atoms with Gasteiger partial charge in [0.2, 0.25) is 0 Å². The van der Waals surface area contributed by atoms with Crippen molar-refractivity contribution < 1.29 is 14.6 Å². The number of carbonyl (C=O) groups excluding carboxylic acids is 1. The van der Waals surface area contributed by atoms with Gasteiger partial charge in [0.25, 0.3) is 0 Å². The highest BCUT2D eigenvalue weighted by Crippen LogP contribution is 2.35. The second-order valence-corrected chi connectivity index (χ2v) is 8.03. The van der Waals surface area contributed by atoms with Crippen molar-refractivity contribution in [2.75, 3.05) is 46.9 Å². The molecule has 5 nitrogen and oxygen atoms in total. The van der Waals surface area contributed by atoms with E-state index in [1.807, 2.05) is 31.1 Å². The van der Waals surface area contributed by atoms with Gasteiger partial charge in [-0.3, -0.25) is 4.90 Å². The maximum atomic E-state index is 12.3. The molecule has 2 bridgehead atoms. The lowest BCUT2D eigenvalue weighted by atomic mass is 9.75. The topological polar surface area (TPSA) is 53.0 Å². The number of hydrogen-bond acceptors (Lipinski definition) is 5. The summed E-state index contributed by atoms with van der Waals surface area (Å²) in [4.78, 5) is 16.5. The zero-order valence-electron chi connectivity index (χ0n) is 16.9. The highest BCUT2D eigenvalue weighted by atomic mass is 16.5. The van der Waals surface area contributed by atoms with Crippen LogP contribution in [-0.2, 0) is 11.2 Å². The number of esters is 1. The van der Waals surface area contributed by atoms with E-state index in [0.29, 0.717) is 31.7 Å². The first-order valence-corrected chi connectivity index (χ1v) is 9.95. The molecule has 150 valence electrons. The minimum absolute atomic E-state index is 0.249. The van der Waals surface area contributed by atoms with Crippen LogP contribution in [0.25, 0.3) is 0 Å². The summed E-state index contributed by atoms with van der Waals surface area (Å²) in [5, 5.41) is 11.0. The quantitative estimate of drug-likeness (QED) is 0.463. The third-order valence-corrected chi connectivity index (χ3v) is 5.62. The minimum Gasteiger partial charge on any atom is -0.461 e. The molecular formula is C23H30N2O3. The van der Waals surface area contributed by atoms with Crippen molar-refractivity contribution in [1.29, 1.82) is 0 Å². The number of allylic oxidation sites excluding steroid dienone is 1. The molecule has 0 aromatic heterocycles. The summed E-state index contributed by atoms with van der Waals surface area (Å²) in [6.45, 7) is 7.59. The summed E-state index contributed by atoms with van der Waals surface area (Å²) in [7, 11) is 3.87. The smallest absolute Gasteiger partial charge is 0.338 e. The molecule has 0 saturated carbocycles. The van der Waals surface area contributed by atoms with E-state index in [1.165, 1.54) is 0 Å². The summed E-state index contributed by atoms with van der Waals surface area (Å²) in [5.74, 6) is 6.25. The van der Waals surface area contributed by atoms with Crippen LogP contribution in [0.1, 0.15) is 34.3 Å². The van der Waals surface area contributed by atoms with Crippen LogP contribution in [0.3, 0.4) is 0 Å². The highest BCUT2D eigenvalue weighted by Gasteiger charge is 2.44. The summed E-state index contributed by atoms with van der Waals surface area (Å²) < 4.78 is 5.33. The standard InChI is InChI=1S/C23H30N2O3/c1-4-5-19-16-20(22(26)28-15-14-24(2)3)7-6-18(19)8-11-23(27)17-25-12-9-21(23)10-13-25/h4,6-7,16,21,27H,1,5,9-10,12-15,17H2,2-3H3. The zero-order valence-corrected chi connectivity index (χ0v) is 16.9. The van der Waals surface area contributed by atoms with Crippen LogP contribution in [0.4, 0.5) is 0 Å². The Kier molecular flexibility index (Phi) is 6.56. The molecule has 0 aliphatic carbocycles. The predicted molar refractivity (Wildman–Crippen MR) is 110 cm³/mol. The molecule has 1 aromatic carbocycles. The van der Waals surface area contributed by atoms with Gasteiger partial charge in [-0.15, -0.1) is 6.58 Å². The van der Waals surface area contributed by atoms with Crippen LogP contribution in [0.2, 0.25) is 0 Å². The fourth-order valence-corrected chi connectivity index (χ4v) is 3.93. The second-order valence-electron chi connectivity index (χ2n) is 8.03. The highest BCUT2D eigenvalue weighted by molar-refractivity contribution is 5.89. The minimum atomic E-state index is -0.939. The van der Waals surface area contributed by atoms with E-state index < -0.39 is 5.60 Å². The molecule has 3 aliphatic rings. The van der Waals surface area contributed by atoms with E-state index in [0.717, 1.165) is 37.1 Å². The number of ether oxygens (including phenoxy) is 1. The van der Waals surface area contributed by atoms with Crippen LogP contribution in [0.5, 0.6) is 0 Å². The molecule has 28 heavy (non-hydrogen) atoms. The molecule has 1 N–H and O–H groups in total. The fourth-order valence-electron chi connectivity index (χ4n) is 3.93. The molecule has 0 radical (unpaired) electrons. The van der Waals surface area contributed by atoms with Gasteiger partial charge in [-0.2, -0.15) is 0 Å². The number of rotatable bonds is 6. The SMILES string of the molecule is C=CCc1cc(C(=O)OCCN(C)C)ccc1C#CC1(O)CN2CCC1CC2. The van der Waals surface area contributed by atoms with E-state index in [4.69, 9.17) is 4.74 Å². The van der Waals surface area contributed by atoms with Crippen LogP contribution < -0.4 is 0 Å². The summed E-state index contributed by atoms with van der Waals surface area (Å²) in [6.07, 6.45) is 4.41. The van der Waals surface area contributed by atoms with Gasteiger partial charge in [-0.1, -0.05) is 17.9 Å². The average Bonchev–Trinajstić information content (AvgIpc) is 2.67. The summed E-state index contributed by atoms with van der Waals surface area (Å²) in [6, 6.07) is 5.42. The van der Waals surface area contributed by atoms with Crippen molar-refractivity contribution in [3.8, 4) is 11.8 Å². The van der Waals surface area contributed by atoms with Crippen LogP contribution in [-0.4, -0.2) is 73.4 Å². The number of aliphatic hydroxyl groups is 1. The molecule has 3 aliphatic heterocycles. The van der Waals surface area contributed by atoms with E-state index in [1.54, 1.807) is 12.1 Å². The van der Waals surface area contributed by atoms with Crippen molar-refractivity contribution in [3.63, 3.8) is 0 Å². The van der Waals surface area contributed by atoms with Crippen LogP contribution in [0, 0.1) is 17.8 Å². The Labute approximate surface area is 168 Å². The van der Waals surface area contributed by atoms with E-state index >= 15 is 0 Å². The van der Waals surface area contributed by atoms with Gasteiger partial charge in [0.15, 0.2) is 0 Å². The first-order valence-electron chi connectivity index (χ1n) is 9.95. The summed E-state index contributed by atoms with van der Waals surface area (Å²) in [5.41, 5.74) is 1.33. The van der Waals surface area contributed by atoms with Gasteiger partial charge >= 0.3 is 5.97 Å². The largest absolute Gasteiger partial charge is 0.461 e. The first-order chi connectivity index (χ1) is 13.4. The number of carbonyl (C=O) groups is 1. The number of benzene rings is 1. The number of piperidine rings is 3. The lowest BCUT2D eigenvalue weighted by molar-refractivity contribution is -0.0713. The monoisotopic (exact) mass is 382 g/mol. The predicted octanol–water partition coefficient (Wildman–Crippen LogP) is 1.94. The number of hydrogen-bond donors (Lipinski definition) is 1. The molecule has 1 aromatic rings. The number of likely N-dealkylation sites (N-methyl/N-ethyl adjacent to an activating group) is 1. The fraction of sp³-hybridized carbons (Fsp3) is 0.522. The van der Waals surface area contributed by atoms with E-state index in [9.17, 15) is 9.90 Å². The first kappa shape index (κ1) is 20.6. The Hall–Kier alpha value is -2.13. The van der Waals surface area contributed by atoms with Crippen molar-refractivity contribution in [3.05, 3.63) is 47.5 Å². The Morgan fingerprint density at radius 1 is 1.43 bits per heavy atom. The number of fused-ring (bicyclic) bond motifs is 3. The van der Waals surface area contributed by atoms with Gasteiger partial charge in [0, 0.05) is 24.6 Å². The van der Waals surface area contributed by atoms with Crippen LogP contribution in [0.15, 0.2) is 30.9 Å².